The maximum atomic E-state index is 10.7. The van der Waals surface area contributed by atoms with Crippen LogP contribution in [-0.4, -0.2) is 36.6 Å². The monoisotopic (exact) mass is 298 g/mol. The molecule has 0 radical (unpaired) electrons. The smallest absolute Gasteiger partial charge is 0.313 e. The summed E-state index contributed by atoms with van der Waals surface area (Å²) in [7, 11) is 0. The van der Waals surface area contributed by atoms with Gasteiger partial charge in [0.25, 0.3) is 0 Å². The Bertz CT molecular complexity index is 553. The van der Waals surface area contributed by atoms with E-state index in [4.69, 9.17) is 5.11 Å². The molecule has 0 aliphatic carbocycles. The fourth-order valence-electron chi connectivity index (χ4n) is 1.71. The van der Waals surface area contributed by atoms with Gasteiger partial charge in [-0.2, -0.15) is 0 Å². The summed E-state index contributed by atoms with van der Waals surface area (Å²) in [6.07, 6.45) is 2.51. The van der Waals surface area contributed by atoms with Gasteiger partial charge in [0.2, 0.25) is 0 Å². The van der Waals surface area contributed by atoms with Crippen LogP contribution in [0.4, 0.5) is 0 Å². The average molecular weight is 298 g/mol. The number of aliphatic carboxylic acids is 1. The molecule has 0 aromatic carbocycles. The van der Waals surface area contributed by atoms with Crippen molar-refractivity contribution >= 4 is 29.1 Å². The minimum atomic E-state index is -0.862. The van der Waals surface area contributed by atoms with E-state index < -0.39 is 5.97 Å². The van der Waals surface area contributed by atoms with Gasteiger partial charge in [-0.05, 0) is 6.92 Å². The average Bonchev–Trinajstić information content (AvgIpc) is 3.04. The predicted molar refractivity (Wildman–Crippen MR) is 73.7 cm³/mol. The Kier molecular flexibility index (Phi) is 4.54. The van der Waals surface area contributed by atoms with Crippen LogP contribution in [0.3, 0.4) is 0 Å². The number of rotatable bonds is 6. The molecule has 1 N–H and O–H groups in total. The highest BCUT2D eigenvalue weighted by molar-refractivity contribution is 7.99. The summed E-state index contributed by atoms with van der Waals surface area (Å²) < 4.78 is 1.96. The molecule has 2 aromatic rings. The van der Waals surface area contributed by atoms with Crippen molar-refractivity contribution in [2.24, 2.45) is 0 Å². The number of aromatic nitrogens is 4. The standard InChI is InChI=1S/C11H14N4O2S2/c1-3-8-13-14-11(19-6-9(16)17)15(8)7(2)10-12-4-5-18-10/h4-5,7H,3,6H2,1-2H3,(H,16,17). The summed E-state index contributed by atoms with van der Waals surface area (Å²) in [5, 5.41) is 20.5. The van der Waals surface area contributed by atoms with Crippen LogP contribution >= 0.6 is 23.1 Å². The van der Waals surface area contributed by atoms with E-state index in [1.807, 2.05) is 23.8 Å². The first kappa shape index (κ1) is 14.0. The van der Waals surface area contributed by atoms with Gasteiger partial charge in [0.05, 0.1) is 11.8 Å². The van der Waals surface area contributed by atoms with E-state index in [9.17, 15) is 4.79 Å². The molecule has 0 spiro atoms. The first-order valence-corrected chi connectivity index (χ1v) is 7.67. The first-order valence-electron chi connectivity index (χ1n) is 5.81. The molecule has 0 saturated carbocycles. The zero-order chi connectivity index (χ0) is 13.8. The lowest BCUT2D eigenvalue weighted by molar-refractivity contribution is -0.133. The van der Waals surface area contributed by atoms with Gasteiger partial charge in [0, 0.05) is 18.0 Å². The third-order valence-corrected chi connectivity index (χ3v) is 4.45. The molecule has 0 bridgehead atoms. The second kappa shape index (κ2) is 6.16. The quantitative estimate of drug-likeness (QED) is 0.822. The molecule has 102 valence electrons. The van der Waals surface area contributed by atoms with Crippen molar-refractivity contribution in [3.8, 4) is 0 Å². The van der Waals surface area contributed by atoms with Crippen molar-refractivity contribution in [1.82, 2.24) is 19.7 Å². The largest absolute Gasteiger partial charge is 0.481 e. The Morgan fingerprint density at radius 3 is 2.95 bits per heavy atom. The SMILES string of the molecule is CCc1nnc(SCC(=O)O)n1C(C)c1nccs1. The Labute approximate surface area is 118 Å². The van der Waals surface area contributed by atoms with E-state index in [-0.39, 0.29) is 11.8 Å². The maximum absolute atomic E-state index is 10.7. The lowest BCUT2D eigenvalue weighted by Gasteiger charge is -2.15. The number of carboxylic acids is 1. The van der Waals surface area contributed by atoms with Crippen molar-refractivity contribution in [3.05, 3.63) is 22.4 Å². The van der Waals surface area contributed by atoms with Crippen molar-refractivity contribution in [3.63, 3.8) is 0 Å². The van der Waals surface area contributed by atoms with Crippen LogP contribution in [-0.2, 0) is 11.2 Å². The molecule has 8 heteroatoms. The van der Waals surface area contributed by atoms with Crippen molar-refractivity contribution in [2.75, 3.05) is 5.75 Å². The molecule has 0 saturated heterocycles. The lowest BCUT2D eigenvalue weighted by Crippen LogP contribution is -2.12. The van der Waals surface area contributed by atoms with Crippen LogP contribution in [0.1, 0.15) is 30.7 Å². The molecule has 0 aliphatic rings. The fraction of sp³-hybridized carbons (Fsp3) is 0.455. The molecule has 1 atom stereocenters. The number of carboxylic acid groups (broad SMARTS) is 1. The Hall–Kier alpha value is -1.41. The summed E-state index contributed by atoms with van der Waals surface area (Å²) in [5.74, 6) is -0.0398. The maximum Gasteiger partial charge on any atom is 0.313 e. The molecule has 2 heterocycles. The molecule has 19 heavy (non-hydrogen) atoms. The molecule has 0 aliphatic heterocycles. The van der Waals surface area contributed by atoms with Crippen LogP contribution in [0, 0.1) is 0 Å². The summed E-state index contributed by atoms with van der Waals surface area (Å²) in [6.45, 7) is 4.02. The zero-order valence-electron chi connectivity index (χ0n) is 10.6. The van der Waals surface area contributed by atoms with Crippen LogP contribution in [0.25, 0.3) is 0 Å². The second-order valence-electron chi connectivity index (χ2n) is 3.85. The number of hydrogen-bond acceptors (Lipinski definition) is 6. The summed E-state index contributed by atoms with van der Waals surface area (Å²) in [5.41, 5.74) is 0. The third kappa shape index (κ3) is 3.13. The highest BCUT2D eigenvalue weighted by Crippen LogP contribution is 2.27. The Morgan fingerprint density at radius 1 is 1.58 bits per heavy atom. The second-order valence-corrected chi connectivity index (χ2v) is 5.72. The Morgan fingerprint density at radius 2 is 2.37 bits per heavy atom. The van der Waals surface area contributed by atoms with E-state index >= 15 is 0 Å². The topological polar surface area (TPSA) is 80.9 Å². The van der Waals surface area contributed by atoms with Crippen molar-refractivity contribution in [1.29, 1.82) is 0 Å². The molecule has 1 unspecified atom stereocenters. The Balaban J connectivity index is 2.30. The van der Waals surface area contributed by atoms with Crippen LogP contribution < -0.4 is 0 Å². The number of carbonyl (C=O) groups is 1. The van der Waals surface area contributed by atoms with Crippen molar-refractivity contribution < 1.29 is 9.90 Å². The van der Waals surface area contributed by atoms with Gasteiger partial charge in [-0.1, -0.05) is 18.7 Å². The molecular formula is C11H14N4O2S2. The van der Waals surface area contributed by atoms with E-state index in [0.29, 0.717) is 5.16 Å². The van der Waals surface area contributed by atoms with E-state index in [1.165, 1.54) is 11.8 Å². The van der Waals surface area contributed by atoms with Crippen LogP contribution in [0.15, 0.2) is 16.7 Å². The zero-order valence-corrected chi connectivity index (χ0v) is 12.2. The van der Waals surface area contributed by atoms with Crippen LogP contribution in [0.5, 0.6) is 0 Å². The van der Waals surface area contributed by atoms with E-state index in [2.05, 4.69) is 15.2 Å². The number of thioether (sulfide) groups is 1. The van der Waals surface area contributed by atoms with Gasteiger partial charge in [-0.3, -0.25) is 9.36 Å². The molecule has 6 nitrogen and oxygen atoms in total. The van der Waals surface area contributed by atoms with Gasteiger partial charge in [-0.25, -0.2) is 4.98 Å². The summed E-state index contributed by atoms with van der Waals surface area (Å²) >= 11 is 2.75. The number of nitrogens with zero attached hydrogens (tertiary/aromatic N) is 4. The summed E-state index contributed by atoms with van der Waals surface area (Å²) in [4.78, 5) is 15.0. The van der Waals surface area contributed by atoms with Gasteiger partial charge in [0.1, 0.15) is 10.8 Å². The lowest BCUT2D eigenvalue weighted by atomic mass is 10.3. The summed E-state index contributed by atoms with van der Waals surface area (Å²) in [6, 6.07) is 0.0150. The van der Waals surface area contributed by atoms with Gasteiger partial charge < -0.3 is 5.11 Å². The molecule has 2 rings (SSSR count). The van der Waals surface area contributed by atoms with Gasteiger partial charge in [0.15, 0.2) is 5.16 Å². The van der Waals surface area contributed by atoms with E-state index in [1.54, 1.807) is 17.5 Å². The first-order chi connectivity index (χ1) is 9.13. The van der Waals surface area contributed by atoms with Crippen LogP contribution in [0.2, 0.25) is 0 Å². The molecular weight excluding hydrogens is 284 g/mol. The van der Waals surface area contributed by atoms with Crippen molar-refractivity contribution in [2.45, 2.75) is 31.5 Å². The molecule has 0 amide bonds. The number of aryl methyl sites for hydroxylation is 1. The number of hydrogen-bond donors (Lipinski definition) is 1. The minimum absolute atomic E-state index is 0.0150. The minimum Gasteiger partial charge on any atom is -0.481 e. The number of thiazole rings is 1. The van der Waals surface area contributed by atoms with Gasteiger partial charge >= 0.3 is 5.97 Å². The van der Waals surface area contributed by atoms with Gasteiger partial charge in [-0.15, -0.1) is 21.5 Å². The highest BCUT2D eigenvalue weighted by atomic mass is 32.2. The third-order valence-electron chi connectivity index (χ3n) is 2.57. The van der Waals surface area contributed by atoms with E-state index in [0.717, 1.165) is 17.3 Å². The molecule has 0 fully saturated rings. The predicted octanol–water partition coefficient (Wildman–Crippen LogP) is 2.08. The fourth-order valence-corrected chi connectivity index (χ4v) is 3.15. The highest BCUT2D eigenvalue weighted by Gasteiger charge is 2.20. The normalized spacial score (nSPS) is 12.5. The molecule has 2 aromatic heterocycles.